The first-order valence-electron chi connectivity index (χ1n) is 6.44. The van der Waals surface area contributed by atoms with E-state index in [-0.39, 0.29) is 5.25 Å². The fourth-order valence-electron chi connectivity index (χ4n) is 1.88. The minimum Gasteiger partial charge on any atom is -0.314 e. The van der Waals surface area contributed by atoms with Crippen molar-refractivity contribution in [1.29, 1.82) is 0 Å². The molecule has 0 aromatic heterocycles. The van der Waals surface area contributed by atoms with E-state index in [1.807, 2.05) is 19.1 Å². The van der Waals surface area contributed by atoms with Gasteiger partial charge in [0.15, 0.2) is 0 Å². The van der Waals surface area contributed by atoms with Crippen molar-refractivity contribution in [3.05, 3.63) is 29.3 Å². The van der Waals surface area contributed by atoms with Crippen molar-refractivity contribution >= 4 is 22.4 Å². The third-order valence-corrected chi connectivity index (χ3v) is 4.70. The predicted molar refractivity (Wildman–Crippen MR) is 79.7 cm³/mol. The largest absolute Gasteiger partial charge is 0.314 e. The zero-order valence-corrected chi connectivity index (χ0v) is 12.9. The Labute approximate surface area is 118 Å². The molecule has 1 aromatic carbocycles. The average molecular weight is 288 g/mol. The Morgan fingerprint density at radius 1 is 1.39 bits per heavy atom. The average Bonchev–Trinajstić information content (AvgIpc) is 2.35. The van der Waals surface area contributed by atoms with Crippen molar-refractivity contribution in [2.45, 2.75) is 49.8 Å². The lowest BCUT2D eigenvalue weighted by atomic mass is 10.2. The molecule has 1 rings (SSSR count). The highest BCUT2D eigenvalue weighted by Gasteiger charge is 2.16. The van der Waals surface area contributed by atoms with Gasteiger partial charge < -0.3 is 5.32 Å². The molecule has 0 fully saturated rings. The number of halogens is 1. The molecule has 2 nitrogen and oxygen atoms in total. The molecule has 0 aliphatic rings. The van der Waals surface area contributed by atoms with Gasteiger partial charge in [0.1, 0.15) is 0 Å². The van der Waals surface area contributed by atoms with Gasteiger partial charge >= 0.3 is 0 Å². The topological polar surface area (TPSA) is 29.1 Å². The quantitative estimate of drug-likeness (QED) is 0.830. The summed E-state index contributed by atoms with van der Waals surface area (Å²) in [5, 5.41) is 4.19. The molecule has 1 N–H and O–H groups in total. The summed E-state index contributed by atoms with van der Waals surface area (Å²) in [6.45, 7) is 7.33. The first-order chi connectivity index (χ1) is 8.54. The monoisotopic (exact) mass is 287 g/mol. The van der Waals surface area contributed by atoms with Crippen LogP contribution in [0, 0.1) is 0 Å². The van der Waals surface area contributed by atoms with E-state index in [4.69, 9.17) is 11.6 Å². The Bertz CT molecular complexity index is 397. The Kier molecular flexibility index (Phi) is 6.90. The van der Waals surface area contributed by atoms with Gasteiger partial charge in [-0.3, -0.25) is 4.21 Å². The number of benzene rings is 1. The van der Waals surface area contributed by atoms with Gasteiger partial charge in [0.05, 0.1) is 10.8 Å². The van der Waals surface area contributed by atoms with E-state index in [1.165, 1.54) is 0 Å². The van der Waals surface area contributed by atoms with Crippen molar-refractivity contribution in [2.24, 2.45) is 0 Å². The van der Waals surface area contributed by atoms with Crippen molar-refractivity contribution in [2.75, 3.05) is 6.54 Å². The first-order valence-corrected chi connectivity index (χ1v) is 8.03. The normalized spacial score (nSPS) is 16.2. The van der Waals surface area contributed by atoms with E-state index < -0.39 is 10.8 Å². The highest BCUT2D eigenvalue weighted by molar-refractivity contribution is 7.85. The summed E-state index contributed by atoms with van der Waals surface area (Å²) < 4.78 is 12.3. The molecule has 0 aliphatic carbocycles. The zero-order chi connectivity index (χ0) is 13.5. The van der Waals surface area contributed by atoms with Gasteiger partial charge in [-0.25, -0.2) is 0 Å². The molecule has 0 bridgehead atoms. The molecule has 18 heavy (non-hydrogen) atoms. The lowest BCUT2D eigenvalue weighted by molar-refractivity contribution is 0.508. The highest BCUT2D eigenvalue weighted by atomic mass is 35.5. The maximum atomic E-state index is 12.3. The van der Waals surface area contributed by atoms with Crippen LogP contribution in [0.2, 0.25) is 5.02 Å². The van der Waals surface area contributed by atoms with Crippen LogP contribution in [0.4, 0.5) is 0 Å². The van der Waals surface area contributed by atoms with Gasteiger partial charge in [-0.1, -0.05) is 31.5 Å². The highest BCUT2D eigenvalue weighted by Crippen LogP contribution is 2.18. The van der Waals surface area contributed by atoms with Gasteiger partial charge in [-0.05, 0) is 44.5 Å². The van der Waals surface area contributed by atoms with E-state index in [1.54, 1.807) is 12.1 Å². The van der Waals surface area contributed by atoms with E-state index in [9.17, 15) is 4.21 Å². The smallest absolute Gasteiger partial charge is 0.0559 e. The molecule has 0 heterocycles. The van der Waals surface area contributed by atoms with Crippen molar-refractivity contribution < 1.29 is 4.21 Å². The molecular weight excluding hydrogens is 266 g/mol. The van der Waals surface area contributed by atoms with E-state index in [2.05, 4.69) is 19.2 Å². The van der Waals surface area contributed by atoms with Gasteiger partial charge in [-0.2, -0.15) is 0 Å². The maximum Gasteiger partial charge on any atom is 0.0559 e. The number of nitrogens with one attached hydrogen (secondary N) is 1. The number of hydrogen-bond donors (Lipinski definition) is 1. The van der Waals surface area contributed by atoms with Crippen LogP contribution in [0.25, 0.3) is 0 Å². The molecular formula is C14H22ClNOS. The van der Waals surface area contributed by atoms with Gasteiger partial charge in [-0.15, -0.1) is 0 Å². The molecule has 0 aliphatic heterocycles. The number of rotatable bonds is 7. The molecule has 0 saturated heterocycles. The molecule has 1 aromatic rings. The minimum atomic E-state index is -0.989. The standard InChI is InChI=1S/C14H22ClNOS/c1-4-8-16-11(2)9-12(3)18(17)14-7-5-6-13(15)10-14/h5-7,10-12,16H,4,8-9H2,1-3H3. The molecule has 3 unspecified atom stereocenters. The second-order valence-electron chi connectivity index (χ2n) is 4.66. The zero-order valence-electron chi connectivity index (χ0n) is 11.3. The van der Waals surface area contributed by atoms with Crippen molar-refractivity contribution in [3.8, 4) is 0 Å². The summed E-state index contributed by atoms with van der Waals surface area (Å²) in [5.41, 5.74) is 0. The fourth-order valence-corrected chi connectivity index (χ4v) is 3.52. The molecule has 4 heteroatoms. The lowest BCUT2D eigenvalue weighted by Gasteiger charge is -2.18. The molecule has 0 spiro atoms. The van der Waals surface area contributed by atoms with Crippen LogP contribution in [0.3, 0.4) is 0 Å². The predicted octanol–water partition coefficient (Wildman–Crippen LogP) is 3.61. The van der Waals surface area contributed by atoms with E-state index in [0.29, 0.717) is 11.1 Å². The van der Waals surface area contributed by atoms with Gasteiger partial charge in [0.2, 0.25) is 0 Å². The summed E-state index contributed by atoms with van der Waals surface area (Å²) in [6, 6.07) is 7.71. The Balaban J connectivity index is 2.56. The summed E-state index contributed by atoms with van der Waals surface area (Å²) in [5.74, 6) is 0. The lowest BCUT2D eigenvalue weighted by Crippen LogP contribution is -2.31. The fraction of sp³-hybridized carbons (Fsp3) is 0.571. The summed E-state index contributed by atoms with van der Waals surface area (Å²) >= 11 is 5.92. The van der Waals surface area contributed by atoms with Crippen LogP contribution in [0.15, 0.2) is 29.2 Å². The Hall–Kier alpha value is -0.380. The minimum absolute atomic E-state index is 0.128. The Morgan fingerprint density at radius 3 is 2.72 bits per heavy atom. The summed E-state index contributed by atoms with van der Waals surface area (Å²) in [4.78, 5) is 0.817. The maximum absolute atomic E-state index is 12.3. The van der Waals surface area contributed by atoms with Crippen molar-refractivity contribution in [3.63, 3.8) is 0 Å². The van der Waals surface area contributed by atoms with Crippen LogP contribution in [-0.2, 0) is 10.8 Å². The van der Waals surface area contributed by atoms with Crippen molar-refractivity contribution in [1.82, 2.24) is 5.32 Å². The van der Waals surface area contributed by atoms with Crippen LogP contribution >= 0.6 is 11.6 Å². The van der Waals surface area contributed by atoms with Crippen LogP contribution in [0.1, 0.15) is 33.6 Å². The SMILES string of the molecule is CCCNC(C)CC(C)S(=O)c1cccc(Cl)c1. The molecule has 0 amide bonds. The van der Waals surface area contributed by atoms with Crippen LogP contribution < -0.4 is 5.32 Å². The van der Waals surface area contributed by atoms with Gasteiger partial charge in [0, 0.05) is 21.2 Å². The molecule has 0 radical (unpaired) electrons. The summed E-state index contributed by atoms with van der Waals surface area (Å²) in [7, 11) is -0.989. The molecule has 3 atom stereocenters. The molecule has 0 saturated carbocycles. The first kappa shape index (κ1) is 15.7. The second kappa shape index (κ2) is 7.93. The van der Waals surface area contributed by atoms with E-state index in [0.717, 1.165) is 24.3 Å². The van der Waals surface area contributed by atoms with E-state index >= 15 is 0 Å². The molecule has 102 valence electrons. The Morgan fingerprint density at radius 2 is 2.11 bits per heavy atom. The summed E-state index contributed by atoms with van der Waals surface area (Å²) in [6.07, 6.45) is 2.02. The third kappa shape index (κ3) is 5.09. The number of hydrogen-bond acceptors (Lipinski definition) is 2. The second-order valence-corrected chi connectivity index (χ2v) is 6.96. The van der Waals surface area contributed by atoms with Gasteiger partial charge in [0.25, 0.3) is 0 Å². The van der Waals surface area contributed by atoms with Crippen LogP contribution in [0.5, 0.6) is 0 Å². The van der Waals surface area contributed by atoms with Crippen LogP contribution in [-0.4, -0.2) is 22.0 Å². The third-order valence-electron chi connectivity index (χ3n) is 2.82.